The van der Waals surface area contributed by atoms with E-state index < -0.39 is 40.2 Å². The number of carbonyl (C=O) groups is 3. The van der Waals surface area contributed by atoms with Gasteiger partial charge in [0.25, 0.3) is 0 Å². The summed E-state index contributed by atoms with van der Waals surface area (Å²) in [4.78, 5) is 43.6. The lowest BCUT2D eigenvalue weighted by atomic mass is 9.71. The topological polar surface area (TPSA) is 98.2 Å². The highest BCUT2D eigenvalue weighted by molar-refractivity contribution is 9.09. The van der Waals surface area contributed by atoms with Gasteiger partial charge in [-0.2, -0.15) is 0 Å². The van der Waals surface area contributed by atoms with Crippen LogP contribution in [0.3, 0.4) is 0 Å². The van der Waals surface area contributed by atoms with Crippen LogP contribution in [0.25, 0.3) is 0 Å². The van der Waals surface area contributed by atoms with Crippen LogP contribution in [-0.4, -0.2) is 83.4 Å². The second kappa shape index (κ2) is 8.95. The van der Waals surface area contributed by atoms with E-state index in [0.717, 1.165) is 6.42 Å². The molecule has 0 aliphatic carbocycles. The lowest BCUT2D eigenvalue weighted by Crippen LogP contribution is -2.61. The fourth-order valence-corrected chi connectivity index (χ4v) is 9.36. The fourth-order valence-electron chi connectivity index (χ4n) is 5.77. The molecule has 0 aromatic rings. The van der Waals surface area contributed by atoms with E-state index in [1.165, 1.54) is 11.8 Å². The largest absolute Gasteiger partial charge is 0.481 e. The minimum atomic E-state index is -0.997. The third-order valence-corrected chi connectivity index (χ3v) is 10.7. The molecule has 0 radical (unpaired) electrons. The highest BCUT2D eigenvalue weighted by Crippen LogP contribution is 2.68. The number of aliphatic carboxylic acids is 1. The molecule has 2 N–H and O–H groups in total. The number of thioether (sulfide) groups is 1. The molecule has 0 saturated carbocycles. The summed E-state index contributed by atoms with van der Waals surface area (Å²) in [6.07, 6.45) is 2.94. The quantitative estimate of drug-likeness (QED) is 0.369. The summed E-state index contributed by atoms with van der Waals surface area (Å²) < 4.78 is -0.832. The molecule has 180 valence electrons. The van der Waals surface area contributed by atoms with Gasteiger partial charge in [0, 0.05) is 22.2 Å². The molecule has 3 fully saturated rings. The molecular formula is C23H35BrN2O5S. The first kappa shape index (κ1) is 25.6. The van der Waals surface area contributed by atoms with Crippen molar-refractivity contribution in [3.63, 3.8) is 0 Å². The maximum absolute atomic E-state index is 14.2. The van der Waals surface area contributed by atoms with Crippen LogP contribution in [0.15, 0.2) is 12.7 Å². The molecule has 2 bridgehead atoms. The van der Waals surface area contributed by atoms with E-state index in [9.17, 15) is 24.6 Å². The molecule has 3 unspecified atom stereocenters. The van der Waals surface area contributed by atoms with Crippen molar-refractivity contribution in [1.29, 1.82) is 0 Å². The molecule has 1 spiro atoms. The zero-order chi connectivity index (χ0) is 24.2. The van der Waals surface area contributed by atoms with E-state index in [-0.39, 0.29) is 34.4 Å². The van der Waals surface area contributed by atoms with Crippen LogP contribution >= 0.6 is 27.7 Å². The molecule has 3 saturated heterocycles. The standard InChI is InChI=1S/C23H35BrN2O5S/c1-7-9-25(22(4,5)6)20(29)18-23-10-13(24)17(32-23)15(21(30)31)16(23)19(28)26(18)14(11-27)12(3)8-2/h7,12-18,27H,1,8-11H2,2-6H3,(H,30,31)/t12-,13?,14-,15-,16-,17-,18?,23?/m0/s1. The maximum Gasteiger partial charge on any atom is 0.308 e. The number of amides is 2. The number of rotatable bonds is 8. The molecule has 2 amide bonds. The van der Waals surface area contributed by atoms with Crippen LogP contribution in [0, 0.1) is 17.8 Å². The zero-order valence-corrected chi connectivity index (χ0v) is 21.9. The summed E-state index contributed by atoms with van der Waals surface area (Å²) in [5.74, 6) is -3.18. The van der Waals surface area contributed by atoms with E-state index >= 15 is 0 Å². The van der Waals surface area contributed by atoms with Gasteiger partial charge >= 0.3 is 5.97 Å². The summed E-state index contributed by atoms with van der Waals surface area (Å²) >= 11 is 5.14. The zero-order valence-electron chi connectivity index (χ0n) is 19.5. The van der Waals surface area contributed by atoms with Crippen LogP contribution < -0.4 is 0 Å². The van der Waals surface area contributed by atoms with Crippen molar-refractivity contribution in [3.8, 4) is 0 Å². The average Bonchev–Trinajstić information content (AvgIpc) is 3.29. The van der Waals surface area contributed by atoms with Gasteiger partial charge in [0.2, 0.25) is 11.8 Å². The molecule has 3 rings (SSSR count). The Hall–Kier alpha value is -1.06. The highest BCUT2D eigenvalue weighted by atomic mass is 79.9. The summed E-state index contributed by atoms with van der Waals surface area (Å²) in [5.41, 5.74) is -0.513. The summed E-state index contributed by atoms with van der Waals surface area (Å²) in [7, 11) is 0. The lowest BCUT2D eigenvalue weighted by Gasteiger charge is -2.44. The molecule has 3 heterocycles. The molecule has 0 aromatic carbocycles. The Morgan fingerprint density at radius 2 is 2.06 bits per heavy atom. The van der Waals surface area contributed by atoms with Crippen LogP contribution in [0.2, 0.25) is 0 Å². The first-order chi connectivity index (χ1) is 14.9. The summed E-state index contributed by atoms with van der Waals surface area (Å²) in [5, 5.41) is 20.1. The predicted molar refractivity (Wildman–Crippen MR) is 129 cm³/mol. The minimum Gasteiger partial charge on any atom is -0.481 e. The Morgan fingerprint density at radius 3 is 2.53 bits per heavy atom. The highest BCUT2D eigenvalue weighted by Gasteiger charge is 2.76. The average molecular weight is 532 g/mol. The number of carboxylic acid groups (broad SMARTS) is 1. The van der Waals surface area contributed by atoms with Gasteiger partial charge in [0.15, 0.2) is 0 Å². The number of carboxylic acids is 1. The van der Waals surface area contributed by atoms with Crippen molar-refractivity contribution in [2.75, 3.05) is 13.2 Å². The summed E-state index contributed by atoms with van der Waals surface area (Å²) in [6, 6.07) is -1.38. The van der Waals surface area contributed by atoms with Crippen molar-refractivity contribution < 1.29 is 24.6 Å². The Balaban J connectivity index is 2.19. The van der Waals surface area contributed by atoms with Crippen molar-refractivity contribution in [3.05, 3.63) is 12.7 Å². The number of likely N-dealkylation sites (tertiary alicyclic amines) is 1. The number of nitrogens with zero attached hydrogens (tertiary/aromatic N) is 2. The van der Waals surface area contributed by atoms with E-state index in [1.807, 2.05) is 34.6 Å². The summed E-state index contributed by atoms with van der Waals surface area (Å²) in [6.45, 7) is 13.6. The Bertz CT molecular complexity index is 802. The second-order valence-electron chi connectivity index (χ2n) is 10.3. The molecular weight excluding hydrogens is 496 g/mol. The molecule has 9 heteroatoms. The Labute approximate surface area is 203 Å². The van der Waals surface area contributed by atoms with Crippen LogP contribution in [0.4, 0.5) is 0 Å². The Kier molecular flexibility index (Phi) is 7.15. The van der Waals surface area contributed by atoms with Gasteiger partial charge in [-0.3, -0.25) is 14.4 Å². The van der Waals surface area contributed by atoms with Gasteiger partial charge in [-0.15, -0.1) is 18.3 Å². The van der Waals surface area contributed by atoms with Gasteiger partial charge in [-0.05, 0) is 33.1 Å². The van der Waals surface area contributed by atoms with Crippen LogP contribution in [0.1, 0.15) is 47.5 Å². The molecule has 7 nitrogen and oxygen atoms in total. The number of fused-ring (bicyclic) bond motifs is 1. The van der Waals surface area contributed by atoms with Crippen LogP contribution in [-0.2, 0) is 14.4 Å². The first-order valence-corrected chi connectivity index (χ1v) is 13.1. The molecule has 3 aliphatic heterocycles. The fraction of sp³-hybridized carbons (Fsp3) is 0.783. The van der Waals surface area contributed by atoms with Crippen molar-refractivity contribution >= 4 is 45.5 Å². The minimum absolute atomic E-state index is 0.0396. The van der Waals surface area contributed by atoms with Gasteiger partial charge in [0.05, 0.1) is 29.2 Å². The number of carbonyl (C=O) groups excluding carboxylic acids is 2. The van der Waals surface area contributed by atoms with E-state index in [1.54, 1.807) is 15.9 Å². The third-order valence-electron chi connectivity index (χ3n) is 7.48. The van der Waals surface area contributed by atoms with Crippen molar-refractivity contribution in [2.24, 2.45) is 17.8 Å². The van der Waals surface area contributed by atoms with E-state index in [2.05, 4.69) is 22.5 Å². The van der Waals surface area contributed by atoms with Gasteiger partial charge in [0.1, 0.15) is 6.04 Å². The van der Waals surface area contributed by atoms with Crippen LogP contribution in [0.5, 0.6) is 0 Å². The number of aliphatic hydroxyl groups excluding tert-OH is 1. The normalized spacial score (nSPS) is 35.5. The third kappa shape index (κ3) is 3.72. The number of halogens is 1. The number of alkyl halides is 1. The maximum atomic E-state index is 14.2. The predicted octanol–water partition coefficient (Wildman–Crippen LogP) is 2.76. The van der Waals surface area contributed by atoms with Crippen molar-refractivity contribution in [1.82, 2.24) is 9.80 Å². The lowest BCUT2D eigenvalue weighted by molar-refractivity contribution is -0.151. The number of hydrogen-bond donors (Lipinski definition) is 2. The van der Waals surface area contributed by atoms with Gasteiger partial charge in [-0.25, -0.2) is 0 Å². The molecule has 0 aromatic heterocycles. The monoisotopic (exact) mass is 530 g/mol. The smallest absolute Gasteiger partial charge is 0.308 e. The molecule has 32 heavy (non-hydrogen) atoms. The van der Waals surface area contributed by atoms with E-state index in [0.29, 0.717) is 13.0 Å². The first-order valence-electron chi connectivity index (χ1n) is 11.3. The van der Waals surface area contributed by atoms with E-state index in [4.69, 9.17) is 0 Å². The Morgan fingerprint density at radius 1 is 1.44 bits per heavy atom. The number of aliphatic hydroxyl groups is 1. The number of hydrogen-bond acceptors (Lipinski definition) is 5. The molecule has 3 aliphatic rings. The SMILES string of the molecule is C=CCN(C(=O)C1N([C@@H](CO)[C@@H](C)CC)C(=O)[C@@H]2[C@H](C(=O)O)[C@H]3SC12CC3Br)C(C)(C)C. The van der Waals surface area contributed by atoms with Gasteiger partial charge in [-0.1, -0.05) is 42.3 Å². The van der Waals surface area contributed by atoms with Gasteiger partial charge < -0.3 is 20.0 Å². The second-order valence-corrected chi connectivity index (χ2v) is 13.0. The van der Waals surface area contributed by atoms with Crippen molar-refractivity contribution in [2.45, 2.75) is 79.9 Å². The molecule has 8 atom stereocenters.